The highest BCUT2D eigenvalue weighted by Gasteiger charge is 2.32. The Kier molecular flexibility index (Phi) is 5.81. The van der Waals surface area contributed by atoms with Gasteiger partial charge in [-0.3, -0.25) is 9.59 Å². The molecule has 2 saturated heterocycles. The van der Waals surface area contributed by atoms with Crippen molar-refractivity contribution in [2.45, 2.75) is 59.2 Å². The van der Waals surface area contributed by atoms with Crippen molar-refractivity contribution in [3.8, 4) is 0 Å². The summed E-state index contributed by atoms with van der Waals surface area (Å²) in [4.78, 5) is 31.5. The molecule has 0 saturated carbocycles. The van der Waals surface area contributed by atoms with Gasteiger partial charge in [-0.1, -0.05) is 20.8 Å². The molecule has 0 radical (unpaired) electrons. The Labute approximate surface area is 132 Å². The minimum absolute atomic E-state index is 0.0902. The summed E-state index contributed by atoms with van der Waals surface area (Å²) >= 11 is 0. The molecule has 1 atom stereocenters. The van der Waals surface area contributed by atoms with E-state index in [0.29, 0.717) is 32.5 Å². The van der Waals surface area contributed by atoms with Gasteiger partial charge in [0.1, 0.15) is 0 Å². The predicted molar refractivity (Wildman–Crippen MR) is 81.6 cm³/mol. The van der Waals surface area contributed by atoms with E-state index in [9.17, 15) is 9.59 Å². The molecule has 22 heavy (non-hydrogen) atoms. The predicted octanol–water partition coefficient (Wildman–Crippen LogP) is 1.85. The second kappa shape index (κ2) is 7.42. The Balaban J connectivity index is 1.71. The maximum absolute atomic E-state index is 12.2. The first-order valence-electron chi connectivity index (χ1n) is 8.24. The van der Waals surface area contributed by atoms with Gasteiger partial charge in [0.2, 0.25) is 11.8 Å². The first kappa shape index (κ1) is 17.2. The molecule has 0 spiro atoms. The number of likely N-dealkylation sites (tertiary alicyclic amines) is 1. The monoisotopic (exact) mass is 312 g/mol. The molecular formula is C16H28N2O4. The highest BCUT2D eigenvalue weighted by atomic mass is 16.8. The lowest BCUT2D eigenvalue weighted by molar-refractivity contribution is -0.202. The van der Waals surface area contributed by atoms with Crippen molar-refractivity contribution in [3.05, 3.63) is 0 Å². The van der Waals surface area contributed by atoms with Gasteiger partial charge in [0, 0.05) is 37.5 Å². The highest BCUT2D eigenvalue weighted by molar-refractivity contribution is 5.82. The molecule has 6 nitrogen and oxygen atoms in total. The molecular weight excluding hydrogens is 284 g/mol. The Morgan fingerprint density at radius 1 is 1.14 bits per heavy atom. The summed E-state index contributed by atoms with van der Waals surface area (Å²) in [6, 6.07) is 0. The van der Waals surface area contributed by atoms with Crippen molar-refractivity contribution < 1.29 is 19.2 Å². The fourth-order valence-corrected chi connectivity index (χ4v) is 2.83. The topological polar surface area (TPSA) is 67.9 Å². The van der Waals surface area contributed by atoms with Crippen molar-refractivity contribution >= 4 is 11.8 Å². The number of nitrogens with one attached hydrogen (secondary N) is 1. The van der Waals surface area contributed by atoms with Crippen molar-refractivity contribution in [3.63, 3.8) is 0 Å². The van der Waals surface area contributed by atoms with Gasteiger partial charge >= 0.3 is 0 Å². The fourth-order valence-electron chi connectivity index (χ4n) is 2.83. The van der Waals surface area contributed by atoms with Crippen molar-refractivity contribution in [2.24, 2.45) is 11.3 Å². The first-order valence-corrected chi connectivity index (χ1v) is 8.24. The molecule has 126 valence electrons. The lowest BCUT2D eigenvalue weighted by Gasteiger charge is -2.35. The normalized spacial score (nSPS) is 24.1. The third-order valence-electron chi connectivity index (χ3n) is 4.22. The SMILES string of the molecule is CC(C)(C)C(=O)N1CCC(C(=O)NO[C@H]2CCCCO2)CC1. The molecule has 0 aliphatic carbocycles. The van der Waals surface area contributed by atoms with Crippen molar-refractivity contribution in [1.82, 2.24) is 10.4 Å². The summed E-state index contributed by atoms with van der Waals surface area (Å²) in [5.74, 6) is -0.0390. The number of amides is 2. The van der Waals surface area contributed by atoms with Crippen LogP contribution in [0.4, 0.5) is 0 Å². The van der Waals surface area contributed by atoms with Crippen LogP contribution in [0.3, 0.4) is 0 Å². The van der Waals surface area contributed by atoms with Gasteiger partial charge in [0.25, 0.3) is 0 Å². The second-order valence-corrected chi connectivity index (χ2v) is 7.20. The Bertz CT molecular complexity index is 391. The van der Waals surface area contributed by atoms with Crippen molar-refractivity contribution in [2.75, 3.05) is 19.7 Å². The highest BCUT2D eigenvalue weighted by Crippen LogP contribution is 2.23. The molecule has 6 heteroatoms. The van der Waals surface area contributed by atoms with Crippen LogP contribution in [0.25, 0.3) is 0 Å². The Morgan fingerprint density at radius 3 is 2.36 bits per heavy atom. The lowest BCUT2D eigenvalue weighted by atomic mass is 9.91. The molecule has 2 rings (SSSR count). The zero-order valence-corrected chi connectivity index (χ0v) is 13.9. The van der Waals surface area contributed by atoms with E-state index in [1.165, 1.54) is 0 Å². The minimum Gasteiger partial charge on any atom is -0.350 e. The van der Waals surface area contributed by atoms with Gasteiger partial charge in [-0.15, -0.1) is 0 Å². The van der Waals surface area contributed by atoms with Crippen molar-refractivity contribution in [1.29, 1.82) is 0 Å². The van der Waals surface area contributed by atoms with E-state index < -0.39 is 0 Å². The standard InChI is InChI=1S/C16H28N2O4/c1-16(2,3)15(20)18-9-7-12(8-10-18)14(19)17-22-13-6-4-5-11-21-13/h12-13H,4-11H2,1-3H3,(H,17,19)/t13-/m0/s1. The number of carbonyl (C=O) groups is 2. The van der Waals surface area contributed by atoms with Gasteiger partial charge in [0.15, 0.2) is 6.29 Å². The molecule has 2 aliphatic rings. The van der Waals surface area contributed by atoms with Crippen LogP contribution in [0.5, 0.6) is 0 Å². The molecule has 2 heterocycles. The first-order chi connectivity index (χ1) is 10.4. The van der Waals surface area contributed by atoms with Gasteiger partial charge in [-0.05, 0) is 25.7 Å². The molecule has 0 aromatic rings. The average Bonchev–Trinajstić information content (AvgIpc) is 2.52. The molecule has 0 aromatic carbocycles. The van der Waals surface area contributed by atoms with Crippen LogP contribution in [-0.4, -0.2) is 42.7 Å². The summed E-state index contributed by atoms with van der Waals surface area (Å²) in [6.45, 7) is 7.72. The van der Waals surface area contributed by atoms with Crippen LogP contribution >= 0.6 is 0 Å². The number of ether oxygens (including phenoxy) is 1. The average molecular weight is 312 g/mol. The van der Waals surface area contributed by atoms with E-state index in [2.05, 4.69) is 5.48 Å². The zero-order valence-electron chi connectivity index (χ0n) is 13.9. The summed E-state index contributed by atoms with van der Waals surface area (Å²) in [5, 5.41) is 0. The number of hydrogen-bond donors (Lipinski definition) is 1. The molecule has 2 amide bonds. The quantitative estimate of drug-likeness (QED) is 0.808. The molecule has 2 aliphatic heterocycles. The number of piperidine rings is 1. The minimum atomic E-state index is -0.365. The number of carbonyl (C=O) groups excluding carboxylic acids is 2. The van der Waals surface area contributed by atoms with E-state index in [0.717, 1.165) is 19.3 Å². The van der Waals surface area contributed by atoms with Crippen LogP contribution < -0.4 is 5.48 Å². The number of hydrogen-bond acceptors (Lipinski definition) is 4. The van der Waals surface area contributed by atoms with Gasteiger partial charge < -0.3 is 9.64 Å². The van der Waals surface area contributed by atoms with Crippen LogP contribution in [0.15, 0.2) is 0 Å². The maximum atomic E-state index is 12.2. The van der Waals surface area contributed by atoms with Crippen LogP contribution in [-0.2, 0) is 19.2 Å². The fraction of sp³-hybridized carbons (Fsp3) is 0.875. The molecule has 1 N–H and O–H groups in total. The van der Waals surface area contributed by atoms with E-state index in [-0.39, 0.29) is 29.4 Å². The Morgan fingerprint density at radius 2 is 1.82 bits per heavy atom. The summed E-state index contributed by atoms with van der Waals surface area (Å²) < 4.78 is 5.41. The molecule has 2 fully saturated rings. The Hall–Kier alpha value is -1.14. The largest absolute Gasteiger partial charge is 0.350 e. The number of hydroxylamine groups is 1. The molecule has 0 unspecified atom stereocenters. The van der Waals surface area contributed by atoms with E-state index in [1.807, 2.05) is 25.7 Å². The van der Waals surface area contributed by atoms with Crippen LogP contribution in [0.2, 0.25) is 0 Å². The van der Waals surface area contributed by atoms with E-state index in [1.54, 1.807) is 0 Å². The summed E-state index contributed by atoms with van der Waals surface area (Å²) in [5.41, 5.74) is 2.16. The van der Waals surface area contributed by atoms with Gasteiger partial charge in [0.05, 0.1) is 0 Å². The van der Waals surface area contributed by atoms with Crippen LogP contribution in [0.1, 0.15) is 52.9 Å². The molecule has 0 bridgehead atoms. The summed E-state index contributed by atoms with van der Waals surface area (Å²) in [7, 11) is 0. The molecule has 0 aromatic heterocycles. The summed E-state index contributed by atoms with van der Waals surface area (Å²) in [6.07, 6.45) is 3.98. The third kappa shape index (κ3) is 4.68. The number of nitrogens with zero attached hydrogens (tertiary/aromatic N) is 1. The van der Waals surface area contributed by atoms with E-state index >= 15 is 0 Å². The maximum Gasteiger partial charge on any atom is 0.246 e. The van der Waals surface area contributed by atoms with E-state index in [4.69, 9.17) is 9.57 Å². The smallest absolute Gasteiger partial charge is 0.246 e. The zero-order chi connectivity index (χ0) is 16.2. The number of rotatable bonds is 3. The van der Waals surface area contributed by atoms with Gasteiger partial charge in [-0.2, -0.15) is 0 Å². The second-order valence-electron chi connectivity index (χ2n) is 7.20. The van der Waals surface area contributed by atoms with Gasteiger partial charge in [-0.25, -0.2) is 10.3 Å². The third-order valence-corrected chi connectivity index (χ3v) is 4.22. The lowest BCUT2D eigenvalue weighted by Crippen LogP contribution is -2.47. The van der Waals surface area contributed by atoms with Crippen LogP contribution in [0, 0.1) is 11.3 Å².